The Balaban J connectivity index is 2.61. The number of ether oxygens (including phenoxy) is 1. The van der Waals surface area contributed by atoms with E-state index in [9.17, 15) is 8.78 Å². The van der Waals surface area contributed by atoms with Crippen LogP contribution in [0.4, 0.5) is 14.6 Å². The highest BCUT2D eigenvalue weighted by atomic mass is 32.1. The van der Waals surface area contributed by atoms with Gasteiger partial charge in [-0.25, -0.2) is 18.7 Å². The molecule has 4 nitrogen and oxygen atoms in total. The maximum atomic E-state index is 14.0. The third-order valence-corrected chi connectivity index (χ3v) is 3.11. The van der Waals surface area contributed by atoms with Gasteiger partial charge in [-0.05, 0) is 19.1 Å². The van der Waals surface area contributed by atoms with E-state index in [2.05, 4.69) is 9.97 Å². The lowest BCUT2D eigenvalue weighted by Gasteiger charge is -2.12. The molecule has 2 aromatic rings. The summed E-state index contributed by atoms with van der Waals surface area (Å²) in [5.41, 5.74) is 5.84. The van der Waals surface area contributed by atoms with Crippen molar-refractivity contribution in [3.8, 4) is 5.75 Å². The molecule has 0 atom stereocenters. The van der Waals surface area contributed by atoms with Gasteiger partial charge in [-0.2, -0.15) is 0 Å². The van der Waals surface area contributed by atoms with E-state index in [1.165, 1.54) is 19.4 Å². The van der Waals surface area contributed by atoms with E-state index in [1.54, 1.807) is 6.92 Å². The first-order chi connectivity index (χ1) is 9.45. The summed E-state index contributed by atoms with van der Waals surface area (Å²) in [7, 11) is 1.34. The summed E-state index contributed by atoms with van der Waals surface area (Å²) in [4.78, 5) is 7.91. The largest absolute Gasteiger partial charge is 0.496 e. The first-order valence-corrected chi connectivity index (χ1v) is 6.02. The molecule has 0 radical (unpaired) electrons. The van der Waals surface area contributed by atoms with Crippen LogP contribution < -0.4 is 10.5 Å². The van der Waals surface area contributed by atoms with Gasteiger partial charge in [-0.1, -0.05) is 12.2 Å². The van der Waals surface area contributed by atoms with Crippen LogP contribution in [0.2, 0.25) is 0 Å². The molecule has 2 rings (SSSR count). The standard InChI is InChI=1S/C13H11F2N3OS/c1-6-17-5-7(13(16)18-6)12(20)10-9(19-2)4-3-8(14)11(10)15/h3-5H,1-2H3,(H2,16,17,18). The van der Waals surface area contributed by atoms with Crippen molar-refractivity contribution in [2.45, 2.75) is 6.92 Å². The molecule has 104 valence electrons. The average Bonchev–Trinajstić information content (AvgIpc) is 2.41. The first-order valence-electron chi connectivity index (χ1n) is 5.61. The summed E-state index contributed by atoms with van der Waals surface area (Å²) in [6.07, 6.45) is 1.38. The Labute approximate surface area is 119 Å². The minimum absolute atomic E-state index is 0.00338. The zero-order chi connectivity index (χ0) is 14.9. The predicted molar refractivity (Wildman–Crippen MR) is 74.9 cm³/mol. The molecule has 1 aromatic heterocycles. The highest BCUT2D eigenvalue weighted by molar-refractivity contribution is 7.81. The average molecular weight is 295 g/mol. The Hall–Kier alpha value is -2.15. The molecule has 7 heteroatoms. The minimum atomic E-state index is -1.09. The van der Waals surface area contributed by atoms with Crippen molar-refractivity contribution < 1.29 is 13.5 Å². The lowest BCUT2D eigenvalue weighted by atomic mass is 10.0. The molecule has 2 N–H and O–H groups in total. The number of rotatable bonds is 3. The number of methoxy groups -OCH3 is 1. The van der Waals surface area contributed by atoms with E-state index < -0.39 is 11.6 Å². The Morgan fingerprint density at radius 2 is 2.05 bits per heavy atom. The van der Waals surface area contributed by atoms with Gasteiger partial charge in [0, 0.05) is 6.20 Å². The van der Waals surface area contributed by atoms with Crippen LogP contribution in [0, 0.1) is 18.6 Å². The second-order valence-corrected chi connectivity index (χ2v) is 4.39. The van der Waals surface area contributed by atoms with Crippen LogP contribution in [0.15, 0.2) is 18.3 Å². The van der Waals surface area contributed by atoms with Crippen LogP contribution in [0.5, 0.6) is 5.75 Å². The van der Waals surface area contributed by atoms with Crippen molar-refractivity contribution in [3.63, 3.8) is 0 Å². The fourth-order valence-electron chi connectivity index (χ4n) is 1.71. The SMILES string of the molecule is COc1ccc(F)c(F)c1C(=S)c1cnc(C)nc1N. The van der Waals surface area contributed by atoms with Gasteiger partial charge in [0.1, 0.15) is 17.4 Å². The van der Waals surface area contributed by atoms with E-state index in [0.717, 1.165) is 6.07 Å². The first kappa shape index (κ1) is 14.3. The number of anilines is 1. The number of nitrogens with zero attached hydrogens (tertiary/aromatic N) is 2. The normalized spacial score (nSPS) is 10.4. The molecule has 0 aliphatic carbocycles. The van der Waals surface area contributed by atoms with Crippen LogP contribution in [0.1, 0.15) is 17.0 Å². The van der Waals surface area contributed by atoms with Gasteiger partial charge in [0.25, 0.3) is 0 Å². The summed E-state index contributed by atoms with van der Waals surface area (Å²) in [6, 6.07) is 2.26. The number of nitrogens with two attached hydrogens (primary N) is 1. The van der Waals surface area contributed by atoms with Gasteiger partial charge < -0.3 is 10.5 Å². The molecule has 0 saturated carbocycles. The number of hydrogen-bond acceptors (Lipinski definition) is 5. The number of nitrogen functional groups attached to an aromatic ring is 1. The molecule has 0 amide bonds. The quantitative estimate of drug-likeness (QED) is 0.696. The third-order valence-electron chi connectivity index (χ3n) is 2.69. The monoisotopic (exact) mass is 295 g/mol. The molecule has 0 unspecified atom stereocenters. The topological polar surface area (TPSA) is 61.0 Å². The van der Waals surface area contributed by atoms with Crippen LogP contribution >= 0.6 is 12.2 Å². The van der Waals surface area contributed by atoms with Crippen molar-refractivity contribution >= 4 is 22.9 Å². The highest BCUT2D eigenvalue weighted by Gasteiger charge is 2.21. The maximum absolute atomic E-state index is 14.0. The molecule has 1 aromatic carbocycles. The fourth-order valence-corrected chi connectivity index (χ4v) is 2.06. The number of aromatic nitrogens is 2. The van der Waals surface area contributed by atoms with Crippen LogP contribution in [-0.4, -0.2) is 21.9 Å². The minimum Gasteiger partial charge on any atom is -0.496 e. The number of hydrogen-bond donors (Lipinski definition) is 1. The van der Waals surface area contributed by atoms with E-state index in [4.69, 9.17) is 22.7 Å². The van der Waals surface area contributed by atoms with E-state index in [1.807, 2.05) is 0 Å². The van der Waals surface area contributed by atoms with E-state index in [0.29, 0.717) is 5.82 Å². The molecule has 0 spiro atoms. The van der Waals surface area contributed by atoms with E-state index in [-0.39, 0.29) is 27.6 Å². The second kappa shape index (κ2) is 5.46. The van der Waals surface area contributed by atoms with Gasteiger partial charge in [0.05, 0.1) is 23.1 Å². The fraction of sp³-hybridized carbons (Fsp3) is 0.154. The van der Waals surface area contributed by atoms with Gasteiger partial charge in [-0.3, -0.25) is 0 Å². The Bertz CT molecular complexity index is 692. The van der Waals surface area contributed by atoms with Crippen LogP contribution in [0.25, 0.3) is 0 Å². The van der Waals surface area contributed by atoms with Crippen LogP contribution in [0.3, 0.4) is 0 Å². The van der Waals surface area contributed by atoms with Gasteiger partial charge in [-0.15, -0.1) is 0 Å². The summed E-state index contributed by atoms with van der Waals surface area (Å²) < 4.78 is 32.4. The molecular formula is C13H11F2N3OS. The van der Waals surface area contributed by atoms with Crippen LogP contribution in [-0.2, 0) is 0 Å². The van der Waals surface area contributed by atoms with Crippen molar-refractivity contribution in [1.82, 2.24) is 9.97 Å². The molecule has 1 heterocycles. The summed E-state index contributed by atoms with van der Waals surface area (Å²) >= 11 is 5.17. The predicted octanol–water partition coefficient (Wildman–Crippen LogP) is 2.42. The Morgan fingerprint density at radius 3 is 2.65 bits per heavy atom. The molecule has 0 fully saturated rings. The molecule has 0 saturated heterocycles. The molecule has 0 bridgehead atoms. The van der Waals surface area contributed by atoms with Gasteiger partial charge in [0.2, 0.25) is 0 Å². The van der Waals surface area contributed by atoms with Crippen molar-refractivity contribution in [1.29, 1.82) is 0 Å². The smallest absolute Gasteiger partial charge is 0.171 e. The number of halogens is 2. The number of thiocarbonyl (C=S) groups is 1. The Morgan fingerprint density at radius 1 is 1.35 bits per heavy atom. The zero-order valence-electron chi connectivity index (χ0n) is 10.8. The number of benzene rings is 1. The van der Waals surface area contributed by atoms with Crippen molar-refractivity contribution in [3.05, 3.63) is 46.9 Å². The molecule has 20 heavy (non-hydrogen) atoms. The molecular weight excluding hydrogens is 284 g/mol. The second-order valence-electron chi connectivity index (χ2n) is 3.98. The van der Waals surface area contributed by atoms with Gasteiger partial charge >= 0.3 is 0 Å². The maximum Gasteiger partial charge on any atom is 0.171 e. The van der Waals surface area contributed by atoms with Gasteiger partial charge in [0.15, 0.2) is 11.6 Å². The summed E-state index contributed by atoms with van der Waals surface area (Å²) in [6.45, 7) is 1.66. The van der Waals surface area contributed by atoms with Crippen molar-refractivity contribution in [2.24, 2.45) is 0 Å². The molecule has 0 aliphatic heterocycles. The lowest BCUT2D eigenvalue weighted by molar-refractivity contribution is 0.405. The third kappa shape index (κ3) is 2.44. The molecule has 0 aliphatic rings. The lowest BCUT2D eigenvalue weighted by Crippen LogP contribution is -2.12. The highest BCUT2D eigenvalue weighted by Crippen LogP contribution is 2.28. The Kier molecular flexibility index (Phi) is 3.89. The summed E-state index contributed by atoms with van der Waals surface area (Å²) in [5, 5.41) is 0. The summed E-state index contributed by atoms with van der Waals surface area (Å²) in [5.74, 6) is -1.42. The zero-order valence-corrected chi connectivity index (χ0v) is 11.6. The number of aryl methyl sites for hydroxylation is 1. The van der Waals surface area contributed by atoms with Crippen molar-refractivity contribution in [2.75, 3.05) is 12.8 Å². The van der Waals surface area contributed by atoms with E-state index >= 15 is 0 Å².